The second kappa shape index (κ2) is 4.35. The molecule has 0 amide bonds. The van der Waals surface area contributed by atoms with Crippen LogP contribution in [0.5, 0.6) is 0 Å². The minimum atomic E-state index is -3.29. The van der Waals surface area contributed by atoms with Gasteiger partial charge in [-0.15, -0.1) is 0 Å². The van der Waals surface area contributed by atoms with Crippen LogP contribution in [0.1, 0.15) is 6.42 Å². The fourth-order valence-corrected chi connectivity index (χ4v) is 0.982. The van der Waals surface area contributed by atoms with Crippen LogP contribution >= 0.6 is 0 Å². The van der Waals surface area contributed by atoms with Gasteiger partial charge in [0.1, 0.15) is 0 Å². The molecule has 0 heterocycles. The van der Waals surface area contributed by atoms with Crippen molar-refractivity contribution in [2.75, 3.05) is 19.8 Å². The summed E-state index contributed by atoms with van der Waals surface area (Å²) in [6.07, 6.45) is 4.03. The zero-order valence-corrected chi connectivity index (χ0v) is 7.63. The van der Waals surface area contributed by atoms with Crippen LogP contribution in [-0.2, 0) is 10.0 Å². The molecule has 11 heavy (non-hydrogen) atoms. The molecule has 66 valence electrons. The van der Waals surface area contributed by atoms with Gasteiger partial charge in [0.15, 0.2) is 0 Å². The van der Waals surface area contributed by atoms with Crippen LogP contribution in [0, 0.1) is 0 Å². The van der Waals surface area contributed by atoms with E-state index in [2.05, 4.69) is 0 Å². The maximum atomic E-state index is 10.4. The highest BCUT2D eigenvalue weighted by Crippen LogP contribution is 1.88. The number of nitrogens with two attached hydrogens (primary N) is 1. The van der Waals surface area contributed by atoms with Crippen LogP contribution in [0.15, 0.2) is 12.3 Å². The molecule has 0 aromatic carbocycles. The topological polar surface area (TPSA) is 63.4 Å². The van der Waals surface area contributed by atoms with E-state index in [4.69, 9.17) is 5.14 Å². The molecule has 0 atom stereocenters. The highest BCUT2D eigenvalue weighted by atomic mass is 32.2. The number of allylic oxidation sites excluding steroid dienone is 1. The minimum Gasteiger partial charge on any atom is -0.384 e. The summed E-state index contributed by atoms with van der Waals surface area (Å²) in [7, 11) is 0.445. The molecule has 0 saturated carbocycles. The maximum Gasteiger partial charge on any atom is 0.209 e. The van der Waals surface area contributed by atoms with Gasteiger partial charge in [-0.05, 0) is 12.6 Å². The summed E-state index contributed by atoms with van der Waals surface area (Å²) in [6.45, 7) is 0. The Morgan fingerprint density at radius 2 is 2.00 bits per heavy atom. The van der Waals surface area contributed by atoms with Gasteiger partial charge < -0.3 is 4.90 Å². The molecule has 0 unspecified atom stereocenters. The molecule has 0 aromatic heterocycles. The third-order valence-corrected chi connectivity index (χ3v) is 1.78. The number of primary sulfonamides is 1. The second-order valence-corrected chi connectivity index (χ2v) is 4.24. The average molecular weight is 178 g/mol. The Balaban J connectivity index is 3.59. The Morgan fingerprint density at radius 3 is 2.36 bits per heavy atom. The molecule has 0 spiro atoms. The first-order valence-electron chi connectivity index (χ1n) is 3.25. The molecule has 0 fully saturated rings. The molecule has 5 heteroatoms. The molecule has 0 aliphatic carbocycles. The summed E-state index contributed by atoms with van der Waals surface area (Å²) < 4.78 is 20.8. The summed E-state index contributed by atoms with van der Waals surface area (Å²) in [5.74, 6) is 0.0112. The molecule has 2 N–H and O–H groups in total. The lowest BCUT2D eigenvalue weighted by Crippen LogP contribution is -2.15. The third-order valence-electron chi connectivity index (χ3n) is 0.973. The molecule has 0 saturated heterocycles. The van der Waals surface area contributed by atoms with E-state index in [1.165, 1.54) is 0 Å². The van der Waals surface area contributed by atoms with Crippen molar-refractivity contribution in [1.29, 1.82) is 0 Å². The summed E-state index contributed by atoms with van der Waals surface area (Å²) >= 11 is 0. The first-order chi connectivity index (χ1) is 4.92. The van der Waals surface area contributed by atoms with Crippen molar-refractivity contribution in [3.63, 3.8) is 0 Å². The number of hydrogen-bond acceptors (Lipinski definition) is 3. The van der Waals surface area contributed by atoms with Crippen LogP contribution in [0.4, 0.5) is 0 Å². The lowest BCUT2D eigenvalue weighted by molar-refractivity contribution is 0.561. The van der Waals surface area contributed by atoms with E-state index in [-0.39, 0.29) is 5.75 Å². The smallest absolute Gasteiger partial charge is 0.209 e. The van der Waals surface area contributed by atoms with Crippen LogP contribution in [0.25, 0.3) is 0 Å². The summed E-state index contributed by atoms with van der Waals surface area (Å²) in [5.41, 5.74) is 0. The third kappa shape index (κ3) is 9.45. The van der Waals surface area contributed by atoms with E-state index < -0.39 is 10.0 Å². The van der Waals surface area contributed by atoms with E-state index >= 15 is 0 Å². The van der Waals surface area contributed by atoms with E-state index in [0.717, 1.165) is 0 Å². The molecule has 0 bridgehead atoms. The lowest BCUT2D eigenvalue weighted by Gasteiger charge is -2.02. The minimum absolute atomic E-state index is 0.0112. The molecule has 0 aromatic rings. The van der Waals surface area contributed by atoms with Gasteiger partial charge in [0.25, 0.3) is 0 Å². The van der Waals surface area contributed by atoms with Gasteiger partial charge in [-0.3, -0.25) is 0 Å². The standard InChI is InChI=1S/C6H14N2O2S/c1-8(2)5-3-4-6-11(7,9)10/h3,5H,4,6H2,1-2H3,(H2,7,9,10)/b5-3+. The first-order valence-corrected chi connectivity index (χ1v) is 4.97. The zero-order valence-electron chi connectivity index (χ0n) is 6.82. The van der Waals surface area contributed by atoms with Crippen molar-refractivity contribution in [2.24, 2.45) is 5.14 Å². The molecular formula is C6H14N2O2S. The van der Waals surface area contributed by atoms with Gasteiger partial charge in [0.05, 0.1) is 5.75 Å². The Kier molecular flexibility index (Phi) is 4.14. The van der Waals surface area contributed by atoms with E-state index in [0.29, 0.717) is 6.42 Å². The van der Waals surface area contributed by atoms with Crippen molar-refractivity contribution in [2.45, 2.75) is 6.42 Å². The fraction of sp³-hybridized carbons (Fsp3) is 0.667. The van der Waals surface area contributed by atoms with E-state index in [1.807, 2.05) is 19.0 Å². The van der Waals surface area contributed by atoms with Crippen molar-refractivity contribution < 1.29 is 8.42 Å². The SMILES string of the molecule is CN(C)/C=C/CCS(N)(=O)=O. The maximum absolute atomic E-state index is 10.4. The summed E-state index contributed by atoms with van der Waals surface area (Å²) in [6, 6.07) is 0. The Morgan fingerprint density at radius 1 is 1.45 bits per heavy atom. The van der Waals surface area contributed by atoms with Crippen molar-refractivity contribution >= 4 is 10.0 Å². The number of nitrogens with zero attached hydrogens (tertiary/aromatic N) is 1. The van der Waals surface area contributed by atoms with E-state index in [1.54, 1.807) is 12.3 Å². The quantitative estimate of drug-likeness (QED) is 0.645. The van der Waals surface area contributed by atoms with Crippen molar-refractivity contribution in [3.8, 4) is 0 Å². The van der Waals surface area contributed by atoms with Crippen LogP contribution in [0.3, 0.4) is 0 Å². The fourth-order valence-electron chi connectivity index (χ4n) is 0.518. The molecule has 0 radical (unpaired) electrons. The highest BCUT2D eigenvalue weighted by molar-refractivity contribution is 7.89. The number of sulfonamides is 1. The number of hydrogen-bond donors (Lipinski definition) is 1. The van der Waals surface area contributed by atoms with Gasteiger partial charge in [0, 0.05) is 14.1 Å². The Bertz CT molecular complexity index is 219. The van der Waals surface area contributed by atoms with Gasteiger partial charge >= 0.3 is 0 Å². The zero-order chi connectivity index (χ0) is 8.91. The predicted molar refractivity (Wildman–Crippen MR) is 45.4 cm³/mol. The lowest BCUT2D eigenvalue weighted by atomic mass is 10.5. The van der Waals surface area contributed by atoms with Crippen molar-refractivity contribution in [1.82, 2.24) is 4.90 Å². The Hall–Kier alpha value is -0.550. The van der Waals surface area contributed by atoms with Gasteiger partial charge in [-0.25, -0.2) is 13.6 Å². The van der Waals surface area contributed by atoms with Gasteiger partial charge in [0.2, 0.25) is 10.0 Å². The molecular weight excluding hydrogens is 164 g/mol. The Labute approximate surface area is 67.7 Å². The van der Waals surface area contributed by atoms with Gasteiger partial charge in [-0.2, -0.15) is 0 Å². The molecule has 0 rings (SSSR count). The van der Waals surface area contributed by atoms with Crippen molar-refractivity contribution in [3.05, 3.63) is 12.3 Å². The normalized spacial score (nSPS) is 12.3. The first kappa shape index (κ1) is 10.4. The van der Waals surface area contributed by atoms with E-state index in [9.17, 15) is 8.42 Å². The molecule has 0 aliphatic rings. The van der Waals surface area contributed by atoms with Crippen LogP contribution < -0.4 is 5.14 Å². The van der Waals surface area contributed by atoms with Gasteiger partial charge in [-0.1, -0.05) is 6.08 Å². The predicted octanol–water partition coefficient (Wildman–Crippen LogP) is -0.260. The summed E-state index contributed by atoms with van der Waals surface area (Å²) in [4.78, 5) is 1.84. The second-order valence-electron chi connectivity index (χ2n) is 2.50. The number of rotatable bonds is 4. The monoisotopic (exact) mass is 178 g/mol. The van der Waals surface area contributed by atoms with Crippen LogP contribution in [-0.4, -0.2) is 33.2 Å². The average Bonchev–Trinajstić information content (AvgIpc) is 1.78. The molecule has 0 aliphatic heterocycles. The largest absolute Gasteiger partial charge is 0.384 e. The summed E-state index contributed by atoms with van der Waals surface area (Å²) in [5, 5.41) is 4.78. The van der Waals surface area contributed by atoms with Crippen LogP contribution in [0.2, 0.25) is 0 Å². The highest BCUT2D eigenvalue weighted by Gasteiger charge is 1.98. The molecule has 4 nitrogen and oxygen atoms in total.